The normalized spacial score (nSPS) is 17.6. The molecule has 0 bridgehead atoms. The maximum Gasteiger partial charge on any atom is 0.255 e. The van der Waals surface area contributed by atoms with Gasteiger partial charge in [0.1, 0.15) is 5.75 Å². The minimum atomic E-state index is 0.0366. The van der Waals surface area contributed by atoms with Crippen LogP contribution < -0.4 is 4.74 Å². The highest BCUT2D eigenvalue weighted by atomic mass is 16.5. The number of nitrogens with zero attached hydrogens (tertiary/aromatic N) is 3. The number of likely N-dealkylation sites (tertiary alicyclic amines) is 2. The predicted molar refractivity (Wildman–Crippen MR) is 111 cm³/mol. The van der Waals surface area contributed by atoms with E-state index < -0.39 is 0 Å². The first-order chi connectivity index (χ1) is 14.1. The molecule has 6 heteroatoms. The highest BCUT2D eigenvalue weighted by Crippen LogP contribution is 2.24. The third-order valence-corrected chi connectivity index (χ3v) is 5.95. The molecule has 0 unspecified atom stereocenters. The third-order valence-electron chi connectivity index (χ3n) is 5.95. The topological polar surface area (TPSA) is 62.7 Å². The van der Waals surface area contributed by atoms with E-state index in [-0.39, 0.29) is 11.8 Å². The van der Waals surface area contributed by atoms with Crippen molar-refractivity contribution in [2.75, 3.05) is 33.3 Å². The zero-order valence-corrected chi connectivity index (χ0v) is 16.8. The predicted octanol–water partition coefficient (Wildman–Crippen LogP) is 3.23. The Kier molecular flexibility index (Phi) is 5.79. The van der Waals surface area contributed by atoms with E-state index in [1.165, 1.54) is 0 Å². The molecule has 1 aromatic carbocycles. The lowest BCUT2D eigenvalue weighted by Crippen LogP contribution is -2.41. The first-order valence-electron chi connectivity index (χ1n) is 10.3. The van der Waals surface area contributed by atoms with E-state index in [0.29, 0.717) is 17.9 Å². The van der Waals surface area contributed by atoms with E-state index in [0.717, 1.165) is 62.4 Å². The van der Waals surface area contributed by atoms with Crippen molar-refractivity contribution in [3.63, 3.8) is 0 Å². The van der Waals surface area contributed by atoms with Gasteiger partial charge in [-0.2, -0.15) is 0 Å². The Hall–Kier alpha value is -2.89. The van der Waals surface area contributed by atoms with Gasteiger partial charge in [0, 0.05) is 44.4 Å². The second-order valence-corrected chi connectivity index (χ2v) is 7.84. The summed E-state index contributed by atoms with van der Waals surface area (Å²) < 4.78 is 5.18. The number of hydrogen-bond donors (Lipinski definition) is 0. The van der Waals surface area contributed by atoms with Crippen molar-refractivity contribution in [3.05, 3.63) is 48.2 Å². The van der Waals surface area contributed by atoms with Crippen molar-refractivity contribution in [1.29, 1.82) is 0 Å². The number of pyridine rings is 1. The van der Waals surface area contributed by atoms with E-state index >= 15 is 0 Å². The molecule has 4 rings (SSSR count). The number of aromatic nitrogens is 1. The summed E-state index contributed by atoms with van der Waals surface area (Å²) in [7, 11) is 1.64. The Balaban J connectivity index is 1.33. The van der Waals surface area contributed by atoms with Gasteiger partial charge in [-0.15, -0.1) is 0 Å². The van der Waals surface area contributed by atoms with Crippen molar-refractivity contribution in [3.8, 4) is 17.0 Å². The summed E-state index contributed by atoms with van der Waals surface area (Å²) in [5.41, 5.74) is 2.44. The molecule has 0 atom stereocenters. The van der Waals surface area contributed by atoms with Gasteiger partial charge in [0.2, 0.25) is 5.91 Å². The van der Waals surface area contributed by atoms with Crippen molar-refractivity contribution < 1.29 is 14.3 Å². The van der Waals surface area contributed by atoms with Gasteiger partial charge in [-0.3, -0.25) is 14.6 Å². The van der Waals surface area contributed by atoms with Crippen LogP contribution in [0.1, 0.15) is 36.0 Å². The second kappa shape index (κ2) is 8.64. The molecule has 152 valence electrons. The molecule has 1 aromatic heterocycles. The fraction of sp³-hybridized carbons (Fsp3) is 0.435. The van der Waals surface area contributed by atoms with E-state index in [1.54, 1.807) is 13.3 Å². The van der Waals surface area contributed by atoms with Gasteiger partial charge in [0.05, 0.1) is 18.4 Å². The molecule has 6 nitrogen and oxygen atoms in total. The van der Waals surface area contributed by atoms with Gasteiger partial charge < -0.3 is 14.5 Å². The lowest BCUT2D eigenvalue weighted by molar-refractivity contribution is -0.128. The Labute approximate surface area is 171 Å². The van der Waals surface area contributed by atoms with Crippen LogP contribution in [-0.2, 0) is 4.79 Å². The van der Waals surface area contributed by atoms with Crippen LogP contribution in [0.3, 0.4) is 0 Å². The number of ether oxygens (including phenoxy) is 1. The molecule has 0 saturated carbocycles. The molecule has 29 heavy (non-hydrogen) atoms. The molecule has 2 amide bonds. The number of carbonyl (C=O) groups excluding carboxylic acids is 2. The number of piperidine rings is 1. The Morgan fingerprint density at radius 3 is 2.45 bits per heavy atom. The molecule has 2 fully saturated rings. The summed E-state index contributed by atoms with van der Waals surface area (Å²) in [4.78, 5) is 33.0. The van der Waals surface area contributed by atoms with Crippen LogP contribution in [0.4, 0.5) is 0 Å². The van der Waals surface area contributed by atoms with Crippen molar-refractivity contribution in [2.24, 2.45) is 5.92 Å². The first-order valence-corrected chi connectivity index (χ1v) is 10.3. The first kappa shape index (κ1) is 19.4. The lowest BCUT2D eigenvalue weighted by Gasteiger charge is -2.34. The maximum absolute atomic E-state index is 12.8. The molecule has 0 spiro atoms. The number of benzene rings is 1. The number of carbonyl (C=O) groups is 2. The minimum Gasteiger partial charge on any atom is -0.497 e. The van der Waals surface area contributed by atoms with Gasteiger partial charge in [-0.05, 0) is 61.6 Å². The van der Waals surface area contributed by atoms with Gasteiger partial charge in [0.15, 0.2) is 0 Å². The zero-order valence-electron chi connectivity index (χ0n) is 16.8. The van der Waals surface area contributed by atoms with Crippen LogP contribution in [0, 0.1) is 5.92 Å². The molecule has 0 radical (unpaired) electrons. The summed E-state index contributed by atoms with van der Waals surface area (Å²) in [6.45, 7) is 3.22. The number of hydrogen-bond acceptors (Lipinski definition) is 4. The van der Waals surface area contributed by atoms with E-state index in [2.05, 4.69) is 4.98 Å². The highest BCUT2D eigenvalue weighted by molar-refractivity contribution is 5.94. The fourth-order valence-electron chi connectivity index (χ4n) is 4.16. The average molecular weight is 393 g/mol. The quantitative estimate of drug-likeness (QED) is 0.782. The van der Waals surface area contributed by atoms with E-state index in [1.807, 2.05) is 46.2 Å². The van der Waals surface area contributed by atoms with Crippen molar-refractivity contribution in [2.45, 2.75) is 25.7 Å². The Morgan fingerprint density at radius 2 is 1.86 bits per heavy atom. The molecule has 3 heterocycles. The van der Waals surface area contributed by atoms with Crippen LogP contribution in [0.15, 0.2) is 42.6 Å². The summed E-state index contributed by atoms with van der Waals surface area (Å²) in [6.07, 6.45) is 5.24. The summed E-state index contributed by atoms with van der Waals surface area (Å²) in [5, 5.41) is 0. The number of rotatable bonds is 5. The molecule has 0 N–H and O–H groups in total. The summed E-state index contributed by atoms with van der Waals surface area (Å²) in [5.74, 6) is 1.62. The van der Waals surface area contributed by atoms with Crippen molar-refractivity contribution in [1.82, 2.24) is 14.8 Å². The molecular formula is C23H27N3O3. The average Bonchev–Trinajstić information content (AvgIpc) is 3.18. The maximum atomic E-state index is 12.8. The van der Waals surface area contributed by atoms with Gasteiger partial charge >= 0.3 is 0 Å². The van der Waals surface area contributed by atoms with Crippen LogP contribution >= 0.6 is 0 Å². The van der Waals surface area contributed by atoms with Crippen LogP contribution in [0.25, 0.3) is 11.3 Å². The molecule has 0 aliphatic carbocycles. The van der Waals surface area contributed by atoms with Gasteiger partial charge in [-0.1, -0.05) is 0 Å². The number of amides is 2. The second-order valence-electron chi connectivity index (χ2n) is 7.84. The minimum absolute atomic E-state index is 0.0366. The smallest absolute Gasteiger partial charge is 0.255 e. The molecule has 2 aliphatic rings. The Morgan fingerprint density at radius 1 is 1.10 bits per heavy atom. The van der Waals surface area contributed by atoms with E-state index in [4.69, 9.17) is 4.74 Å². The molecule has 2 saturated heterocycles. The van der Waals surface area contributed by atoms with E-state index in [9.17, 15) is 9.59 Å². The molecular weight excluding hydrogens is 366 g/mol. The lowest BCUT2D eigenvalue weighted by atomic mass is 9.95. The summed E-state index contributed by atoms with van der Waals surface area (Å²) in [6, 6.07) is 11.5. The van der Waals surface area contributed by atoms with Crippen molar-refractivity contribution >= 4 is 11.8 Å². The zero-order chi connectivity index (χ0) is 20.2. The van der Waals surface area contributed by atoms with Crippen LogP contribution in [-0.4, -0.2) is 59.9 Å². The molecule has 2 aromatic rings. The fourth-order valence-corrected chi connectivity index (χ4v) is 4.16. The standard InChI is InChI=1S/C23H27N3O3/c1-29-20-7-4-18(5-8-20)21-9-6-19(15-24-21)23(28)25-13-10-17(11-14-25)16-26-12-2-3-22(26)27/h4-9,15,17H,2-3,10-14,16H2,1H3. The van der Waals surface area contributed by atoms with Gasteiger partial charge in [-0.25, -0.2) is 0 Å². The largest absolute Gasteiger partial charge is 0.497 e. The van der Waals surface area contributed by atoms with Gasteiger partial charge in [0.25, 0.3) is 5.91 Å². The van der Waals surface area contributed by atoms with Crippen LogP contribution in [0.2, 0.25) is 0 Å². The summed E-state index contributed by atoms with van der Waals surface area (Å²) >= 11 is 0. The SMILES string of the molecule is COc1ccc(-c2ccc(C(=O)N3CCC(CN4CCCC4=O)CC3)cn2)cc1. The third kappa shape index (κ3) is 4.42. The van der Waals surface area contributed by atoms with Crippen LogP contribution in [0.5, 0.6) is 5.75 Å². The molecule has 2 aliphatic heterocycles. The monoisotopic (exact) mass is 393 g/mol. The Bertz CT molecular complexity index is 856. The highest BCUT2D eigenvalue weighted by Gasteiger charge is 2.28. The number of methoxy groups -OCH3 is 1.